The summed E-state index contributed by atoms with van der Waals surface area (Å²) < 4.78 is 5.87. The number of rotatable bonds is 4. The van der Waals surface area contributed by atoms with E-state index in [0.29, 0.717) is 6.54 Å². The minimum atomic E-state index is -0.771. The average molecular weight is 275 g/mol. The minimum absolute atomic E-state index is 0.148. The van der Waals surface area contributed by atoms with Crippen LogP contribution in [-0.2, 0) is 11.3 Å². The van der Waals surface area contributed by atoms with Crippen molar-refractivity contribution in [2.45, 2.75) is 13.5 Å². The molecule has 1 aromatic carbocycles. The highest BCUT2D eigenvalue weighted by atomic mass is 16.6. The van der Waals surface area contributed by atoms with Gasteiger partial charge in [-0.25, -0.2) is 4.79 Å². The van der Waals surface area contributed by atoms with Crippen LogP contribution >= 0.6 is 0 Å². The van der Waals surface area contributed by atoms with E-state index in [1.165, 1.54) is 18.0 Å². The van der Waals surface area contributed by atoms with Gasteiger partial charge in [0, 0.05) is 0 Å². The molecule has 0 fully saturated rings. The number of hydrogen-bond acceptors (Lipinski definition) is 5. The predicted octanol–water partition coefficient (Wildman–Crippen LogP) is 1.93. The fraction of sp³-hybridized carbons (Fsp3) is 0.231. The molecule has 0 spiro atoms. The number of hydrogen-bond donors (Lipinski definition) is 0. The zero-order chi connectivity index (χ0) is 14.7. The molecular formula is C13H13N3O4. The Morgan fingerprint density at radius 1 is 1.50 bits per heavy atom. The summed E-state index contributed by atoms with van der Waals surface area (Å²) in [6, 6.07) is 7.68. The first-order chi connectivity index (χ1) is 9.51. The number of nitrogens with zero attached hydrogens (tertiary/aromatic N) is 3. The Morgan fingerprint density at radius 2 is 2.25 bits per heavy atom. The molecule has 0 atom stereocenters. The third kappa shape index (κ3) is 2.82. The fourth-order valence-electron chi connectivity index (χ4n) is 1.88. The molecule has 104 valence electrons. The molecule has 0 amide bonds. The normalized spacial score (nSPS) is 10.3. The number of benzene rings is 1. The van der Waals surface area contributed by atoms with Crippen LogP contribution in [0.15, 0.2) is 30.5 Å². The van der Waals surface area contributed by atoms with Crippen LogP contribution in [0, 0.1) is 17.0 Å². The molecule has 7 heteroatoms. The van der Waals surface area contributed by atoms with Gasteiger partial charge in [-0.1, -0.05) is 29.8 Å². The molecule has 0 radical (unpaired) electrons. The lowest BCUT2D eigenvalue weighted by molar-refractivity contribution is -0.390. The second kappa shape index (κ2) is 5.52. The fourth-order valence-corrected chi connectivity index (χ4v) is 1.88. The van der Waals surface area contributed by atoms with E-state index >= 15 is 0 Å². The Bertz CT molecular complexity index is 663. The summed E-state index contributed by atoms with van der Waals surface area (Å²) in [5.74, 6) is -1.27. The second-order valence-electron chi connectivity index (χ2n) is 4.30. The maximum atomic E-state index is 11.5. The van der Waals surface area contributed by atoms with E-state index in [9.17, 15) is 14.9 Å². The zero-order valence-corrected chi connectivity index (χ0v) is 11.1. The lowest BCUT2D eigenvalue weighted by atomic mass is 10.1. The Labute approximate surface area is 114 Å². The highest BCUT2D eigenvalue weighted by molar-refractivity contribution is 5.92. The molecule has 20 heavy (non-hydrogen) atoms. The summed E-state index contributed by atoms with van der Waals surface area (Å²) in [7, 11) is 1.17. The third-order valence-electron chi connectivity index (χ3n) is 2.75. The summed E-state index contributed by atoms with van der Waals surface area (Å²) in [5.41, 5.74) is 1.88. The first-order valence-corrected chi connectivity index (χ1v) is 5.87. The number of aryl methyl sites for hydroxylation is 1. The van der Waals surface area contributed by atoms with Crippen LogP contribution in [0.1, 0.15) is 21.5 Å². The van der Waals surface area contributed by atoms with Crippen molar-refractivity contribution in [2.24, 2.45) is 0 Å². The van der Waals surface area contributed by atoms with Gasteiger partial charge in [0.2, 0.25) is 0 Å². The number of carbonyl (C=O) groups is 1. The van der Waals surface area contributed by atoms with Crippen molar-refractivity contribution in [1.29, 1.82) is 0 Å². The standard InChI is InChI=1S/C13H13N3O4/c1-9-4-3-5-10(6-9)7-15-8-11(13(17)20-2)12(14-15)16(18)19/h3-6,8H,7H2,1-2H3. The first kappa shape index (κ1) is 13.7. The summed E-state index contributed by atoms with van der Waals surface area (Å²) in [6.07, 6.45) is 1.33. The Kier molecular flexibility index (Phi) is 3.79. The molecule has 0 aliphatic rings. The van der Waals surface area contributed by atoms with Crippen LogP contribution in [0.25, 0.3) is 0 Å². The summed E-state index contributed by atoms with van der Waals surface area (Å²) in [6.45, 7) is 2.30. The van der Waals surface area contributed by atoms with Crippen LogP contribution in [0.3, 0.4) is 0 Å². The van der Waals surface area contributed by atoms with Gasteiger partial charge >= 0.3 is 11.8 Å². The molecular weight excluding hydrogens is 262 g/mol. The van der Waals surface area contributed by atoms with Crippen molar-refractivity contribution in [2.75, 3.05) is 7.11 Å². The molecule has 0 saturated carbocycles. The van der Waals surface area contributed by atoms with Gasteiger partial charge in [-0.2, -0.15) is 4.68 Å². The van der Waals surface area contributed by atoms with Crippen molar-refractivity contribution in [3.8, 4) is 0 Å². The van der Waals surface area contributed by atoms with Gasteiger partial charge in [0.15, 0.2) is 5.56 Å². The van der Waals surface area contributed by atoms with Crippen LogP contribution in [0.4, 0.5) is 5.82 Å². The van der Waals surface area contributed by atoms with E-state index in [2.05, 4.69) is 9.84 Å². The number of methoxy groups -OCH3 is 1. The lowest BCUT2D eigenvalue weighted by Crippen LogP contribution is -2.03. The highest BCUT2D eigenvalue weighted by Gasteiger charge is 2.27. The molecule has 2 rings (SSSR count). The van der Waals surface area contributed by atoms with Crippen LogP contribution in [0.5, 0.6) is 0 Å². The van der Waals surface area contributed by atoms with Gasteiger partial charge in [-0.05, 0) is 17.4 Å². The van der Waals surface area contributed by atoms with Gasteiger partial charge in [-0.15, -0.1) is 0 Å². The van der Waals surface area contributed by atoms with Crippen LogP contribution in [-0.4, -0.2) is 27.8 Å². The zero-order valence-electron chi connectivity index (χ0n) is 11.1. The monoisotopic (exact) mass is 275 g/mol. The molecule has 1 aromatic heterocycles. The Balaban J connectivity index is 2.34. The summed E-state index contributed by atoms with van der Waals surface area (Å²) in [5, 5.41) is 14.7. The minimum Gasteiger partial charge on any atom is -0.465 e. The topological polar surface area (TPSA) is 87.3 Å². The molecule has 7 nitrogen and oxygen atoms in total. The molecule has 0 unspecified atom stereocenters. The van der Waals surface area contributed by atoms with Crippen LogP contribution < -0.4 is 0 Å². The van der Waals surface area contributed by atoms with Crippen molar-refractivity contribution in [3.05, 3.63) is 57.3 Å². The summed E-state index contributed by atoms with van der Waals surface area (Å²) >= 11 is 0. The molecule has 1 heterocycles. The van der Waals surface area contributed by atoms with E-state index in [1.807, 2.05) is 31.2 Å². The van der Waals surface area contributed by atoms with Gasteiger partial charge in [-0.3, -0.25) is 0 Å². The largest absolute Gasteiger partial charge is 0.465 e. The lowest BCUT2D eigenvalue weighted by Gasteiger charge is -1.99. The Morgan fingerprint density at radius 3 is 2.85 bits per heavy atom. The number of esters is 1. The number of ether oxygens (including phenoxy) is 1. The predicted molar refractivity (Wildman–Crippen MR) is 70.5 cm³/mol. The van der Waals surface area contributed by atoms with Crippen molar-refractivity contribution in [1.82, 2.24) is 9.78 Å². The maximum absolute atomic E-state index is 11.5. The van der Waals surface area contributed by atoms with E-state index in [-0.39, 0.29) is 5.56 Å². The van der Waals surface area contributed by atoms with Gasteiger partial charge < -0.3 is 14.9 Å². The number of aromatic nitrogens is 2. The van der Waals surface area contributed by atoms with Crippen LogP contribution in [0.2, 0.25) is 0 Å². The van der Waals surface area contributed by atoms with E-state index in [4.69, 9.17) is 0 Å². The van der Waals surface area contributed by atoms with E-state index in [1.54, 1.807) is 0 Å². The quantitative estimate of drug-likeness (QED) is 0.483. The first-order valence-electron chi connectivity index (χ1n) is 5.87. The molecule has 0 aliphatic carbocycles. The van der Waals surface area contributed by atoms with Crippen molar-refractivity contribution in [3.63, 3.8) is 0 Å². The molecule has 0 aliphatic heterocycles. The van der Waals surface area contributed by atoms with E-state index < -0.39 is 16.7 Å². The Hall–Kier alpha value is -2.70. The number of nitro groups is 1. The second-order valence-corrected chi connectivity index (χ2v) is 4.30. The van der Waals surface area contributed by atoms with E-state index in [0.717, 1.165) is 11.1 Å². The highest BCUT2D eigenvalue weighted by Crippen LogP contribution is 2.17. The van der Waals surface area contributed by atoms with Crippen molar-refractivity contribution < 1.29 is 14.5 Å². The SMILES string of the molecule is COC(=O)c1cn(Cc2cccc(C)c2)nc1[N+](=O)[O-]. The smallest absolute Gasteiger partial charge is 0.404 e. The molecule has 2 aromatic rings. The average Bonchev–Trinajstić information content (AvgIpc) is 2.82. The van der Waals surface area contributed by atoms with Gasteiger partial charge in [0.05, 0.1) is 25.0 Å². The third-order valence-corrected chi connectivity index (χ3v) is 2.75. The number of carbonyl (C=O) groups excluding carboxylic acids is 1. The van der Waals surface area contributed by atoms with Gasteiger partial charge in [0.1, 0.15) is 0 Å². The van der Waals surface area contributed by atoms with Crippen molar-refractivity contribution >= 4 is 11.8 Å². The molecule has 0 N–H and O–H groups in total. The maximum Gasteiger partial charge on any atom is 0.404 e. The van der Waals surface area contributed by atoms with Gasteiger partial charge in [0.25, 0.3) is 0 Å². The summed E-state index contributed by atoms with van der Waals surface area (Å²) in [4.78, 5) is 21.7. The molecule has 0 saturated heterocycles. The molecule has 0 bridgehead atoms.